The highest BCUT2D eigenvalue weighted by Gasteiger charge is 2.22. The van der Waals surface area contributed by atoms with Crippen molar-refractivity contribution >= 4 is 21.6 Å². The molecule has 22 heavy (non-hydrogen) atoms. The SMILES string of the molecule is CC(C)(C)ON=C(c1cc(Br)ccc1O)c1cccc[n+]1[O-]. The van der Waals surface area contributed by atoms with Crippen molar-refractivity contribution in [2.24, 2.45) is 5.16 Å². The standard InChI is InChI=1S/C16H17BrN2O3/c1-16(2,3)22-18-15(13-6-4-5-9-19(13)21)12-10-11(17)7-8-14(12)20/h4-10,20H,1-3H3. The summed E-state index contributed by atoms with van der Waals surface area (Å²) in [6.07, 6.45) is 1.37. The number of phenols is 1. The first kappa shape index (κ1) is 16.3. The number of nitrogens with zero attached hydrogens (tertiary/aromatic N) is 2. The van der Waals surface area contributed by atoms with Gasteiger partial charge in [0.2, 0.25) is 5.69 Å². The molecule has 1 heterocycles. The molecule has 0 bridgehead atoms. The maximum atomic E-state index is 12.0. The molecule has 116 valence electrons. The minimum Gasteiger partial charge on any atom is -0.618 e. The highest BCUT2D eigenvalue weighted by molar-refractivity contribution is 9.10. The Labute approximate surface area is 137 Å². The van der Waals surface area contributed by atoms with Crippen LogP contribution in [0.3, 0.4) is 0 Å². The van der Waals surface area contributed by atoms with Gasteiger partial charge in [-0.15, -0.1) is 0 Å². The second-order valence-corrected chi connectivity index (χ2v) is 6.63. The van der Waals surface area contributed by atoms with Crippen LogP contribution < -0.4 is 4.73 Å². The number of pyridine rings is 1. The lowest BCUT2D eigenvalue weighted by Gasteiger charge is -2.17. The Morgan fingerprint density at radius 3 is 2.64 bits per heavy atom. The zero-order valence-corrected chi connectivity index (χ0v) is 14.2. The van der Waals surface area contributed by atoms with Crippen LogP contribution in [0.4, 0.5) is 0 Å². The first-order chi connectivity index (χ1) is 10.3. The lowest BCUT2D eigenvalue weighted by Crippen LogP contribution is -2.34. The van der Waals surface area contributed by atoms with E-state index in [-0.39, 0.29) is 11.5 Å². The number of oxime groups is 1. The van der Waals surface area contributed by atoms with Gasteiger partial charge in [-0.25, -0.2) is 0 Å². The van der Waals surface area contributed by atoms with E-state index < -0.39 is 5.60 Å². The highest BCUT2D eigenvalue weighted by Crippen LogP contribution is 2.25. The van der Waals surface area contributed by atoms with Gasteiger partial charge in [0.25, 0.3) is 0 Å². The lowest BCUT2D eigenvalue weighted by molar-refractivity contribution is -0.606. The number of aromatic hydroxyl groups is 1. The van der Waals surface area contributed by atoms with Gasteiger partial charge in [-0.1, -0.05) is 21.1 Å². The molecule has 1 aromatic carbocycles. The number of hydrogen-bond acceptors (Lipinski definition) is 4. The number of phenolic OH excluding ortho intramolecular Hbond substituents is 1. The normalized spacial score (nSPS) is 12.3. The molecule has 0 unspecified atom stereocenters. The molecule has 2 aromatic rings. The van der Waals surface area contributed by atoms with Gasteiger partial charge in [0, 0.05) is 16.6 Å². The summed E-state index contributed by atoms with van der Waals surface area (Å²) >= 11 is 3.35. The largest absolute Gasteiger partial charge is 0.618 e. The second kappa shape index (κ2) is 6.36. The van der Waals surface area contributed by atoms with Crippen molar-refractivity contribution in [1.82, 2.24) is 0 Å². The van der Waals surface area contributed by atoms with Gasteiger partial charge < -0.3 is 15.2 Å². The van der Waals surface area contributed by atoms with Crippen LogP contribution in [0.15, 0.2) is 52.2 Å². The van der Waals surface area contributed by atoms with E-state index in [1.807, 2.05) is 20.8 Å². The molecule has 0 amide bonds. The van der Waals surface area contributed by atoms with Crippen LogP contribution in [0.2, 0.25) is 0 Å². The Morgan fingerprint density at radius 1 is 1.27 bits per heavy atom. The predicted octanol–water partition coefficient (Wildman–Crippen LogP) is 3.36. The third kappa shape index (κ3) is 3.98. The van der Waals surface area contributed by atoms with Crippen LogP contribution in [0.25, 0.3) is 0 Å². The summed E-state index contributed by atoms with van der Waals surface area (Å²) in [5, 5.41) is 26.3. The molecule has 0 spiro atoms. The van der Waals surface area contributed by atoms with E-state index in [1.165, 1.54) is 12.3 Å². The van der Waals surface area contributed by atoms with Crippen LogP contribution in [-0.2, 0) is 4.84 Å². The van der Waals surface area contributed by atoms with E-state index in [2.05, 4.69) is 21.1 Å². The van der Waals surface area contributed by atoms with E-state index >= 15 is 0 Å². The number of halogens is 1. The number of aromatic nitrogens is 1. The van der Waals surface area contributed by atoms with Crippen molar-refractivity contribution < 1.29 is 14.7 Å². The molecule has 0 saturated carbocycles. The van der Waals surface area contributed by atoms with E-state index in [0.29, 0.717) is 16.0 Å². The van der Waals surface area contributed by atoms with E-state index in [9.17, 15) is 10.3 Å². The average molecular weight is 365 g/mol. The van der Waals surface area contributed by atoms with Crippen molar-refractivity contribution in [1.29, 1.82) is 0 Å². The minimum absolute atomic E-state index is 0.0170. The molecule has 0 saturated heterocycles. The third-order valence-electron chi connectivity index (χ3n) is 2.69. The molecule has 0 aliphatic heterocycles. The Balaban J connectivity index is 2.61. The minimum atomic E-state index is -0.518. The van der Waals surface area contributed by atoms with Gasteiger partial charge in [0.15, 0.2) is 11.9 Å². The first-order valence-electron chi connectivity index (χ1n) is 6.71. The fourth-order valence-corrected chi connectivity index (χ4v) is 2.09. The number of benzene rings is 1. The molecule has 1 N–H and O–H groups in total. The summed E-state index contributed by atoms with van der Waals surface area (Å²) in [6, 6.07) is 9.90. The van der Waals surface area contributed by atoms with Crippen LogP contribution in [0, 0.1) is 5.21 Å². The Hall–Kier alpha value is -2.08. The fraction of sp³-hybridized carbons (Fsp3) is 0.250. The van der Waals surface area contributed by atoms with E-state index in [4.69, 9.17) is 4.84 Å². The summed E-state index contributed by atoms with van der Waals surface area (Å²) in [5.41, 5.74) is 0.453. The summed E-state index contributed by atoms with van der Waals surface area (Å²) < 4.78 is 1.45. The van der Waals surface area contributed by atoms with Gasteiger partial charge in [0.05, 0.1) is 5.56 Å². The number of hydrogen-bond donors (Lipinski definition) is 1. The molecular formula is C16H17BrN2O3. The van der Waals surface area contributed by atoms with Crippen LogP contribution in [0.5, 0.6) is 5.75 Å². The first-order valence-corrected chi connectivity index (χ1v) is 7.51. The van der Waals surface area contributed by atoms with Crippen molar-refractivity contribution in [3.8, 4) is 5.75 Å². The summed E-state index contributed by atoms with van der Waals surface area (Å²) in [6.45, 7) is 5.56. The summed E-state index contributed by atoms with van der Waals surface area (Å²) in [4.78, 5) is 5.46. The smallest absolute Gasteiger partial charge is 0.246 e. The molecule has 0 fully saturated rings. The molecular weight excluding hydrogens is 348 g/mol. The van der Waals surface area contributed by atoms with Crippen molar-refractivity contribution in [2.45, 2.75) is 26.4 Å². The molecule has 2 rings (SSSR count). The van der Waals surface area contributed by atoms with Gasteiger partial charge in [-0.05, 0) is 45.0 Å². The maximum Gasteiger partial charge on any atom is 0.246 e. The average Bonchev–Trinajstić information content (AvgIpc) is 2.43. The lowest BCUT2D eigenvalue weighted by atomic mass is 10.1. The molecule has 5 nitrogen and oxygen atoms in total. The van der Waals surface area contributed by atoms with Crippen molar-refractivity contribution in [3.05, 3.63) is 63.5 Å². The summed E-state index contributed by atoms with van der Waals surface area (Å²) in [7, 11) is 0. The van der Waals surface area contributed by atoms with Crippen LogP contribution in [-0.4, -0.2) is 16.4 Å². The van der Waals surface area contributed by atoms with E-state index in [1.54, 1.807) is 30.3 Å². The van der Waals surface area contributed by atoms with Crippen LogP contribution in [0.1, 0.15) is 32.0 Å². The summed E-state index contributed by atoms with van der Waals surface area (Å²) in [5.74, 6) is 0.0170. The zero-order chi connectivity index (χ0) is 16.3. The molecule has 0 aliphatic carbocycles. The Bertz CT molecular complexity index is 709. The van der Waals surface area contributed by atoms with Gasteiger partial charge in [-0.2, -0.15) is 4.73 Å². The van der Waals surface area contributed by atoms with Crippen LogP contribution >= 0.6 is 15.9 Å². The Morgan fingerprint density at radius 2 is 2.00 bits per heavy atom. The van der Waals surface area contributed by atoms with Gasteiger partial charge in [-0.3, -0.25) is 0 Å². The highest BCUT2D eigenvalue weighted by atomic mass is 79.9. The topological polar surface area (TPSA) is 68.8 Å². The monoisotopic (exact) mass is 364 g/mol. The Kier molecular flexibility index (Phi) is 4.71. The van der Waals surface area contributed by atoms with Gasteiger partial charge >= 0.3 is 0 Å². The van der Waals surface area contributed by atoms with Crippen molar-refractivity contribution in [3.63, 3.8) is 0 Å². The fourth-order valence-electron chi connectivity index (χ4n) is 1.73. The second-order valence-electron chi connectivity index (χ2n) is 5.72. The predicted molar refractivity (Wildman–Crippen MR) is 87.7 cm³/mol. The molecule has 0 atom stereocenters. The molecule has 0 aliphatic rings. The number of rotatable bonds is 3. The third-order valence-corrected chi connectivity index (χ3v) is 3.18. The van der Waals surface area contributed by atoms with Crippen molar-refractivity contribution in [2.75, 3.05) is 0 Å². The maximum absolute atomic E-state index is 12.0. The van der Waals surface area contributed by atoms with E-state index in [0.717, 1.165) is 4.47 Å². The molecule has 0 radical (unpaired) electrons. The quantitative estimate of drug-likeness (QED) is 0.393. The zero-order valence-electron chi connectivity index (χ0n) is 12.6. The molecule has 6 heteroatoms. The molecule has 1 aromatic heterocycles. The van der Waals surface area contributed by atoms with Gasteiger partial charge in [0.1, 0.15) is 11.4 Å².